The van der Waals surface area contributed by atoms with Crippen LogP contribution in [0.25, 0.3) is 10.9 Å². The maximum absolute atomic E-state index is 11.4. The summed E-state index contributed by atoms with van der Waals surface area (Å²) in [6.45, 7) is 2.97. The molecule has 0 fully saturated rings. The molecule has 0 aliphatic carbocycles. The number of hydrogen-bond donors (Lipinski definition) is 1. The summed E-state index contributed by atoms with van der Waals surface area (Å²) in [6, 6.07) is 5.48. The number of aryl methyl sites for hydroxylation is 1. The van der Waals surface area contributed by atoms with E-state index in [1.165, 1.54) is 0 Å². The van der Waals surface area contributed by atoms with Crippen LogP contribution in [0.15, 0.2) is 27.5 Å². The molecule has 0 atom stereocenters. The first-order valence-electron chi connectivity index (χ1n) is 4.59. The lowest BCUT2D eigenvalue weighted by atomic mass is 10.1. The van der Waals surface area contributed by atoms with E-state index in [1.54, 1.807) is 10.8 Å². The SMILES string of the molecule is CCn1oc(=O)c2cccc(CN)c21. The maximum atomic E-state index is 11.4. The van der Waals surface area contributed by atoms with E-state index in [4.69, 9.17) is 10.3 Å². The highest BCUT2D eigenvalue weighted by Gasteiger charge is 2.10. The number of aromatic nitrogens is 1. The van der Waals surface area contributed by atoms with Crippen molar-refractivity contribution in [3.63, 3.8) is 0 Å². The van der Waals surface area contributed by atoms with Gasteiger partial charge in [0.2, 0.25) is 0 Å². The van der Waals surface area contributed by atoms with E-state index in [-0.39, 0.29) is 5.63 Å². The van der Waals surface area contributed by atoms with Gasteiger partial charge in [0.05, 0.1) is 17.4 Å². The van der Waals surface area contributed by atoms with Crippen LogP contribution in [0, 0.1) is 0 Å². The van der Waals surface area contributed by atoms with Gasteiger partial charge in [-0.1, -0.05) is 12.1 Å². The fraction of sp³-hybridized carbons (Fsp3) is 0.300. The van der Waals surface area contributed by atoms with Gasteiger partial charge < -0.3 is 10.3 Å². The van der Waals surface area contributed by atoms with Crippen molar-refractivity contribution < 1.29 is 4.52 Å². The molecular formula is C10H12N2O2. The largest absolute Gasteiger partial charge is 0.365 e. The summed E-state index contributed by atoms with van der Waals surface area (Å²) in [5.41, 5.74) is 7.06. The van der Waals surface area contributed by atoms with Crippen molar-refractivity contribution in [2.45, 2.75) is 20.0 Å². The molecule has 74 valence electrons. The Hall–Kier alpha value is -1.55. The van der Waals surface area contributed by atoms with Gasteiger partial charge in [-0.2, -0.15) is 0 Å². The molecule has 0 unspecified atom stereocenters. The predicted octanol–water partition coefficient (Wildman–Crippen LogP) is 1.07. The summed E-state index contributed by atoms with van der Waals surface area (Å²) in [4.78, 5) is 11.4. The quantitative estimate of drug-likeness (QED) is 0.774. The van der Waals surface area contributed by atoms with Gasteiger partial charge in [0.1, 0.15) is 0 Å². The Kier molecular flexibility index (Phi) is 2.13. The molecule has 0 saturated heterocycles. The van der Waals surface area contributed by atoms with Crippen LogP contribution in [0.4, 0.5) is 0 Å². The second kappa shape index (κ2) is 3.31. The van der Waals surface area contributed by atoms with E-state index in [0.717, 1.165) is 11.1 Å². The molecule has 0 saturated carbocycles. The van der Waals surface area contributed by atoms with Crippen molar-refractivity contribution in [2.75, 3.05) is 0 Å². The lowest BCUT2D eigenvalue weighted by Crippen LogP contribution is -2.00. The van der Waals surface area contributed by atoms with Gasteiger partial charge in [-0.3, -0.25) is 0 Å². The van der Waals surface area contributed by atoms with Gasteiger partial charge in [0, 0.05) is 6.54 Å². The highest BCUT2D eigenvalue weighted by molar-refractivity contribution is 5.81. The number of benzene rings is 1. The van der Waals surface area contributed by atoms with Crippen molar-refractivity contribution in [2.24, 2.45) is 5.73 Å². The van der Waals surface area contributed by atoms with Gasteiger partial charge in [-0.15, -0.1) is 0 Å². The Labute approximate surface area is 80.9 Å². The number of nitrogens with zero attached hydrogens (tertiary/aromatic N) is 1. The van der Waals surface area contributed by atoms with Crippen molar-refractivity contribution >= 4 is 10.9 Å². The first-order valence-corrected chi connectivity index (χ1v) is 4.59. The molecule has 1 aromatic heterocycles. The Balaban J connectivity index is 2.90. The lowest BCUT2D eigenvalue weighted by Gasteiger charge is -2.01. The molecule has 4 nitrogen and oxygen atoms in total. The summed E-state index contributed by atoms with van der Waals surface area (Å²) in [6.07, 6.45) is 0. The maximum Gasteiger partial charge on any atom is 0.365 e. The van der Waals surface area contributed by atoms with Crippen molar-refractivity contribution in [3.05, 3.63) is 34.2 Å². The predicted molar refractivity (Wildman–Crippen MR) is 54.0 cm³/mol. The molecule has 2 aromatic rings. The molecule has 0 amide bonds. The van der Waals surface area contributed by atoms with Crippen LogP contribution >= 0.6 is 0 Å². The van der Waals surface area contributed by atoms with Crippen molar-refractivity contribution in [1.29, 1.82) is 0 Å². The second-order valence-corrected chi connectivity index (χ2v) is 3.09. The molecule has 4 heteroatoms. The Morgan fingerprint density at radius 1 is 1.50 bits per heavy atom. The van der Waals surface area contributed by atoms with E-state index >= 15 is 0 Å². The van der Waals surface area contributed by atoms with Gasteiger partial charge in [0.25, 0.3) is 0 Å². The lowest BCUT2D eigenvalue weighted by molar-refractivity contribution is 0.270. The first-order chi connectivity index (χ1) is 6.77. The van der Waals surface area contributed by atoms with Gasteiger partial charge >= 0.3 is 5.63 Å². The monoisotopic (exact) mass is 192 g/mol. The van der Waals surface area contributed by atoms with E-state index in [1.807, 2.05) is 19.1 Å². The van der Waals surface area contributed by atoms with Gasteiger partial charge in [-0.25, -0.2) is 9.53 Å². The van der Waals surface area contributed by atoms with E-state index < -0.39 is 0 Å². The van der Waals surface area contributed by atoms with Crippen LogP contribution < -0.4 is 11.4 Å². The van der Waals surface area contributed by atoms with Crippen molar-refractivity contribution in [1.82, 2.24) is 4.74 Å². The highest BCUT2D eigenvalue weighted by Crippen LogP contribution is 2.16. The van der Waals surface area contributed by atoms with Gasteiger partial charge in [-0.05, 0) is 18.6 Å². The van der Waals surface area contributed by atoms with Gasteiger partial charge in [0.15, 0.2) is 0 Å². The minimum Gasteiger partial charge on any atom is -0.335 e. The van der Waals surface area contributed by atoms with E-state index in [0.29, 0.717) is 18.5 Å². The van der Waals surface area contributed by atoms with Crippen molar-refractivity contribution in [3.8, 4) is 0 Å². The Morgan fingerprint density at radius 2 is 2.29 bits per heavy atom. The van der Waals surface area contributed by atoms with Crippen LogP contribution in [0.3, 0.4) is 0 Å². The molecule has 2 rings (SSSR count). The summed E-state index contributed by atoms with van der Waals surface area (Å²) in [5.74, 6) is 0. The molecule has 0 spiro atoms. The number of nitrogens with two attached hydrogens (primary N) is 1. The Bertz CT molecular complexity index is 510. The molecule has 1 heterocycles. The highest BCUT2D eigenvalue weighted by atomic mass is 16.5. The minimum atomic E-state index is -0.294. The zero-order chi connectivity index (χ0) is 10.1. The third-order valence-corrected chi connectivity index (χ3v) is 2.29. The standard InChI is InChI=1S/C10H12N2O2/c1-2-12-9-7(6-11)4-3-5-8(9)10(13)14-12/h3-5H,2,6,11H2,1H3. The summed E-state index contributed by atoms with van der Waals surface area (Å²) in [5, 5.41) is 0.606. The second-order valence-electron chi connectivity index (χ2n) is 3.09. The normalized spacial score (nSPS) is 11.0. The molecule has 14 heavy (non-hydrogen) atoms. The average molecular weight is 192 g/mol. The van der Waals surface area contributed by atoms with E-state index in [9.17, 15) is 4.79 Å². The van der Waals surface area contributed by atoms with E-state index in [2.05, 4.69) is 0 Å². The zero-order valence-corrected chi connectivity index (χ0v) is 7.99. The Morgan fingerprint density at radius 3 is 2.93 bits per heavy atom. The smallest absolute Gasteiger partial charge is 0.335 e. The minimum absolute atomic E-state index is 0.294. The summed E-state index contributed by atoms with van der Waals surface area (Å²) < 4.78 is 6.65. The number of rotatable bonds is 2. The number of para-hydroxylation sites is 1. The van der Waals surface area contributed by atoms with Crippen LogP contribution in [-0.2, 0) is 13.1 Å². The molecule has 1 aromatic carbocycles. The molecule has 2 N–H and O–H groups in total. The van der Waals surface area contributed by atoms with Crippen LogP contribution in [0.1, 0.15) is 12.5 Å². The van der Waals surface area contributed by atoms with Crippen LogP contribution in [0.5, 0.6) is 0 Å². The molecule has 0 bridgehead atoms. The number of hydrogen-bond acceptors (Lipinski definition) is 3. The fourth-order valence-corrected chi connectivity index (χ4v) is 1.63. The van der Waals surface area contributed by atoms with Crippen LogP contribution in [-0.4, -0.2) is 4.74 Å². The topological polar surface area (TPSA) is 61.2 Å². The summed E-state index contributed by atoms with van der Waals surface area (Å²) >= 11 is 0. The molecular weight excluding hydrogens is 180 g/mol. The molecule has 0 radical (unpaired) electrons. The van der Waals surface area contributed by atoms with Crippen LogP contribution in [0.2, 0.25) is 0 Å². The summed E-state index contributed by atoms with van der Waals surface area (Å²) in [7, 11) is 0. The number of fused-ring (bicyclic) bond motifs is 1. The fourth-order valence-electron chi connectivity index (χ4n) is 1.63. The zero-order valence-electron chi connectivity index (χ0n) is 7.99. The first kappa shape index (κ1) is 9.02. The molecule has 0 aliphatic heterocycles. The third-order valence-electron chi connectivity index (χ3n) is 2.29. The average Bonchev–Trinajstić information content (AvgIpc) is 2.56. The third kappa shape index (κ3) is 1.15. The molecule has 0 aliphatic rings.